The Labute approximate surface area is 173 Å². The topological polar surface area (TPSA) is 85.8 Å². The van der Waals surface area contributed by atoms with Crippen LogP contribution in [-0.4, -0.2) is 32.6 Å². The van der Waals surface area contributed by atoms with Crippen molar-refractivity contribution >= 4 is 29.3 Å². The molecule has 1 amide bonds. The Kier molecular flexibility index (Phi) is 6.95. The first-order valence-corrected chi connectivity index (χ1v) is 10.3. The summed E-state index contributed by atoms with van der Waals surface area (Å²) in [6.07, 6.45) is 1.80. The second-order valence-electron chi connectivity index (χ2n) is 6.44. The van der Waals surface area contributed by atoms with E-state index in [9.17, 15) is 4.79 Å². The summed E-state index contributed by atoms with van der Waals surface area (Å²) in [7, 11) is 0. The van der Waals surface area contributed by atoms with Gasteiger partial charge in [0.05, 0.1) is 10.8 Å². The van der Waals surface area contributed by atoms with Crippen LogP contribution in [0.2, 0.25) is 5.02 Å². The summed E-state index contributed by atoms with van der Waals surface area (Å²) in [6, 6.07) is 17.6. The largest absolute Gasteiger partial charge is 0.353 e. The predicted octanol–water partition coefficient (Wildman–Crippen LogP) is 3.54. The molecular weight excluding hydrogens is 394 g/mol. The van der Waals surface area contributed by atoms with Crippen LogP contribution in [0.15, 0.2) is 59.8 Å². The number of carbonyl (C=O) groups excluding carboxylic acids is 1. The number of hydrogen-bond donors (Lipinski definition) is 2. The van der Waals surface area contributed by atoms with E-state index in [1.165, 1.54) is 22.0 Å². The number of aryl methyl sites for hydroxylation is 1. The van der Waals surface area contributed by atoms with Crippen LogP contribution in [0.5, 0.6) is 0 Å². The number of halogens is 1. The standard InChI is InChI=1S/C20H22ClN5OS/c1-14(11-12-15-7-3-2-4-8-15)23-18(27)13-28-20-25-24-19(26(20)22)16-9-5-6-10-17(16)21/h2-10,14H,11-13,22H2,1H3,(H,23,27)/t14-/m1/s1. The van der Waals surface area contributed by atoms with Gasteiger partial charge < -0.3 is 11.2 Å². The summed E-state index contributed by atoms with van der Waals surface area (Å²) in [5.74, 6) is 6.70. The van der Waals surface area contributed by atoms with E-state index in [-0.39, 0.29) is 17.7 Å². The molecule has 8 heteroatoms. The van der Waals surface area contributed by atoms with Crippen LogP contribution in [0.3, 0.4) is 0 Å². The molecule has 0 aliphatic rings. The van der Waals surface area contributed by atoms with E-state index in [1.807, 2.05) is 43.3 Å². The Bertz CT molecular complexity index is 931. The SMILES string of the molecule is C[C@H](CCc1ccccc1)NC(=O)CSc1nnc(-c2ccccc2Cl)n1N. The summed E-state index contributed by atoms with van der Waals surface area (Å²) < 4.78 is 1.36. The molecule has 0 spiro atoms. The fourth-order valence-electron chi connectivity index (χ4n) is 2.75. The lowest BCUT2D eigenvalue weighted by Gasteiger charge is -2.13. The lowest BCUT2D eigenvalue weighted by Crippen LogP contribution is -2.34. The summed E-state index contributed by atoms with van der Waals surface area (Å²) in [5, 5.41) is 12.2. The zero-order chi connectivity index (χ0) is 19.9. The van der Waals surface area contributed by atoms with Crippen molar-refractivity contribution in [2.24, 2.45) is 0 Å². The number of nitrogen functional groups attached to an aromatic ring is 1. The van der Waals surface area contributed by atoms with Gasteiger partial charge in [-0.1, -0.05) is 65.8 Å². The number of benzene rings is 2. The number of thioether (sulfide) groups is 1. The monoisotopic (exact) mass is 415 g/mol. The Hall–Kier alpha value is -2.51. The van der Waals surface area contributed by atoms with Crippen molar-refractivity contribution in [2.45, 2.75) is 31.0 Å². The van der Waals surface area contributed by atoms with E-state index in [2.05, 4.69) is 27.6 Å². The Balaban J connectivity index is 1.50. The van der Waals surface area contributed by atoms with E-state index in [1.54, 1.807) is 6.07 Å². The number of amides is 1. The predicted molar refractivity (Wildman–Crippen MR) is 114 cm³/mol. The molecule has 0 aliphatic carbocycles. The number of nitrogens with zero attached hydrogens (tertiary/aromatic N) is 3. The van der Waals surface area contributed by atoms with E-state index in [0.717, 1.165) is 12.8 Å². The molecule has 1 atom stereocenters. The molecule has 146 valence electrons. The molecule has 0 bridgehead atoms. The minimum absolute atomic E-state index is 0.0622. The van der Waals surface area contributed by atoms with Crippen LogP contribution < -0.4 is 11.2 Å². The fourth-order valence-corrected chi connectivity index (χ4v) is 3.64. The molecule has 6 nitrogen and oxygen atoms in total. The van der Waals surface area contributed by atoms with Gasteiger partial charge in [-0.05, 0) is 37.5 Å². The Morgan fingerprint density at radius 2 is 1.89 bits per heavy atom. The number of hydrogen-bond acceptors (Lipinski definition) is 5. The van der Waals surface area contributed by atoms with Gasteiger partial charge in [-0.25, -0.2) is 4.68 Å². The third-order valence-corrected chi connectivity index (χ3v) is 5.50. The normalized spacial score (nSPS) is 11.9. The van der Waals surface area contributed by atoms with Gasteiger partial charge >= 0.3 is 0 Å². The van der Waals surface area contributed by atoms with Crippen LogP contribution in [-0.2, 0) is 11.2 Å². The molecule has 0 aliphatic heterocycles. The first kappa shape index (κ1) is 20.2. The Morgan fingerprint density at radius 3 is 2.64 bits per heavy atom. The van der Waals surface area contributed by atoms with Crippen molar-refractivity contribution < 1.29 is 4.79 Å². The zero-order valence-electron chi connectivity index (χ0n) is 15.5. The van der Waals surface area contributed by atoms with Crippen molar-refractivity contribution in [3.63, 3.8) is 0 Å². The molecule has 0 saturated heterocycles. The highest BCUT2D eigenvalue weighted by Gasteiger charge is 2.16. The van der Waals surface area contributed by atoms with Gasteiger partial charge in [0.25, 0.3) is 0 Å². The lowest BCUT2D eigenvalue weighted by atomic mass is 10.1. The summed E-state index contributed by atoms with van der Waals surface area (Å²) in [6.45, 7) is 2.01. The molecule has 1 aromatic heterocycles. The van der Waals surface area contributed by atoms with Gasteiger partial charge in [-0.15, -0.1) is 10.2 Å². The quantitative estimate of drug-likeness (QED) is 0.434. The smallest absolute Gasteiger partial charge is 0.230 e. The van der Waals surface area contributed by atoms with Gasteiger partial charge in [0.15, 0.2) is 5.82 Å². The summed E-state index contributed by atoms with van der Waals surface area (Å²) in [5.41, 5.74) is 1.96. The van der Waals surface area contributed by atoms with E-state index in [4.69, 9.17) is 17.4 Å². The van der Waals surface area contributed by atoms with Crippen molar-refractivity contribution in [1.82, 2.24) is 20.2 Å². The van der Waals surface area contributed by atoms with Crippen molar-refractivity contribution in [3.8, 4) is 11.4 Å². The van der Waals surface area contributed by atoms with Gasteiger partial charge in [0.1, 0.15) is 0 Å². The molecule has 28 heavy (non-hydrogen) atoms. The second-order valence-corrected chi connectivity index (χ2v) is 7.79. The third kappa shape index (κ3) is 5.27. The number of nitrogens with one attached hydrogen (secondary N) is 1. The van der Waals surface area contributed by atoms with Crippen molar-refractivity contribution in [1.29, 1.82) is 0 Å². The van der Waals surface area contributed by atoms with Crippen molar-refractivity contribution in [2.75, 3.05) is 11.6 Å². The highest BCUT2D eigenvalue weighted by atomic mass is 35.5. The summed E-state index contributed by atoms with van der Waals surface area (Å²) in [4.78, 5) is 12.2. The van der Waals surface area contributed by atoms with E-state index in [0.29, 0.717) is 21.6 Å². The first-order valence-electron chi connectivity index (χ1n) is 8.96. The highest BCUT2D eigenvalue weighted by Crippen LogP contribution is 2.27. The molecule has 3 N–H and O–H groups in total. The average molecular weight is 416 g/mol. The number of nitrogens with two attached hydrogens (primary N) is 1. The third-order valence-electron chi connectivity index (χ3n) is 4.23. The molecular formula is C20H22ClN5OS. The van der Waals surface area contributed by atoms with Crippen LogP contribution >= 0.6 is 23.4 Å². The molecule has 0 unspecified atom stereocenters. The zero-order valence-corrected chi connectivity index (χ0v) is 17.1. The van der Waals surface area contributed by atoms with E-state index < -0.39 is 0 Å². The highest BCUT2D eigenvalue weighted by molar-refractivity contribution is 7.99. The number of carbonyl (C=O) groups is 1. The number of rotatable bonds is 8. The van der Waals surface area contributed by atoms with Crippen molar-refractivity contribution in [3.05, 3.63) is 65.2 Å². The molecule has 3 aromatic rings. The first-order chi connectivity index (χ1) is 13.5. The maximum atomic E-state index is 12.2. The molecule has 0 radical (unpaired) electrons. The maximum Gasteiger partial charge on any atom is 0.230 e. The molecule has 1 heterocycles. The lowest BCUT2D eigenvalue weighted by molar-refractivity contribution is -0.119. The van der Waals surface area contributed by atoms with Crippen LogP contribution in [0.25, 0.3) is 11.4 Å². The molecule has 0 fully saturated rings. The van der Waals surface area contributed by atoms with Gasteiger partial charge in [0, 0.05) is 11.6 Å². The number of aromatic nitrogens is 3. The van der Waals surface area contributed by atoms with Gasteiger partial charge in [0.2, 0.25) is 11.1 Å². The van der Waals surface area contributed by atoms with Crippen LogP contribution in [0, 0.1) is 0 Å². The summed E-state index contributed by atoms with van der Waals surface area (Å²) >= 11 is 7.43. The van der Waals surface area contributed by atoms with Crippen LogP contribution in [0.4, 0.5) is 0 Å². The molecule has 2 aromatic carbocycles. The second kappa shape index (κ2) is 9.61. The van der Waals surface area contributed by atoms with E-state index >= 15 is 0 Å². The minimum atomic E-state index is -0.0622. The fraction of sp³-hybridized carbons (Fsp3) is 0.250. The Morgan fingerprint density at radius 1 is 1.18 bits per heavy atom. The van der Waals surface area contributed by atoms with Crippen LogP contribution in [0.1, 0.15) is 18.9 Å². The van der Waals surface area contributed by atoms with Gasteiger partial charge in [-0.3, -0.25) is 4.79 Å². The average Bonchev–Trinajstić information content (AvgIpc) is 3.06. The van der Waals surface area contributed by atoms with Gasteiger partial charge in [-0.2, -0.15) is 0 Å². The molecule has 0 saturated carbocycles. The maximum absolute atomic E-state index is 12.2. The molecule has 3 rings (SSSR count). The minimum Gasteiger partial charge on any atom is -0.353 e.